The number of rotatable bonds is 8. The third kappa shape index (κ3) is 6.42. The SMILES string of the molecule is COC(=O)c1ccc(NC(=O)COC(=O)c2ccc(S(=O)(=O)Nc3ccc(C)cc3)cc2)cc1. The zero-order valence-electron chi connectivity index (χ0n) is 18.4. The van der Waals surface area contributed by atoms with Gasteiger partial charge in [0.15, 0.2) is 6.61 Å². The molecule has 0 heterocycles. The molecule has 0 atom stereocenters. The van der Waals surface area contributed by atoms with Gasteiger partial charge in [-0.05, 0) is 67.6 Å². The number of carbonyl (C=O) groups excluding carboxylic acids is 3. The predicted octanol–water partition coefficient (Wildman–Crippen LogP) is 3.38. The van der Waals surface area contributed by atoms with Crippen LogP contribution in [-0.2, 0) is 24.3 Å². The maximum atomic E-state index is 12.5. The Kier molecular flexibility index (Phi) is 7.64. The summed E-state index contributed by atoms with van der Waals surface area (Å²) in [6.07, 6.45) is 0. The van der Waals surface area contributed by atoms with E-state index in [9.17, 15) is 22.8 Å². The van der Waals surface area contributed by atoms with Crippen molar-refractivity contribution in [2.75, 3.05) is 23.8 Å². The number of methoxy groups -OCH3 is 1. The van der Waals surface area contributed by atoms with Crippen LogP contribution in [0.1, 0.15) is 26.3 Å². The summed E-state index contributed by atoms with van der Waals surface area (Å²) in [5, 5.41) is 2.53. The van der Waals surface area contributed by atoms with Gasteiger partial charge in [-0.25, -0.2) is 18.0 Å². The van der Waals surface area contributed by atoms with Gasteiger partial charge in [0.1, 0.15) is 0 Å². The highest BCUT2D eigenvalue weighted by molar-refractivity contribution is 7.92. The molecule has 0 saturated carbocycles. The van der Waals surface area contributed by atoms with Gasteiger partial charge in [0.25, 0.3) is 15.9 Å². The molecular weight excluding hydrogens is 460 g/mol. The van der Waals surface area contributed by atoms with Gasteiger partial charge in [-0.15, -0.1) is 0 Å². The molecule has 0 spiro atoms. The summed E-state index contributed by atoms with van der Waals surface area (Å²) in [7, 11) is -2.57. The van der Waals surface area contributed by atoms with Crippen LogP contribution in [0.15, 0.2) is 77.7 Å². The average molecular weight is 483 g/mol. The summed E-state index contributed by atoms with van der Waals surface area (Å²) in [5.74, 6) is -1.87. The van der Waals surface area contributed by atoms with Crippen molar-refractivity contribution in [1.82, 2.24) is 0 Å². The summed E-state index contributed by atoms with van der Waals surface area (Å²) in [6, 6.07) is 18.0. The number of hydrogen-bond donors (Lipinski definition) is 2. The largest absolute Gasteiger partial charge is 0.465 e. The Hall–Kier alpha value is -4.18. The van der Waals surface area contributed by atoms with Crippen LogP contribution in [0.25, 0.3) is 0 Å². The van der Waals surface area contributed by atoms with Crippen molar-refractivity contribution in [2.45, 2.75) is 11.8 Å². The number of benzene rings is 3. The van der Waals surface area contributed by atoms with Crippen molar-refractivity contribution in [3.8, 4) is 0 Å². The van der Waals surface area contributed by atoms with Gasteiger partial charge < -0.3 is 14.8 Å². The van der Waals surface area contributed by atoms with Crippen LogP contribution in [0.2, 0.25) is 0 Å². The first-order chi connectivity index (χ1) is 16.2. The fourth-order valence-electron chi connectivity index (χ4n) is 2.82. The molecule has 3 aromatic carbocycles. The van der Waals surface area contributed by atoms with Crippen LogP contribution in [0.5, 0.6) is 0 Å². The first-order valence-electron chi connectivity index (χ1n) is 10.0. The summed E-state index contributed by atoms with van der Waals surface area (Å²) in [4.78, 5) is 35.6. The maximum absolute atomic E-state index is 12.5. The second kappa shape index (κ2) is 10.6. The molecule has 0 radical (unpaired) electrons. The van der Waals surface area contributed by atoms with Crippen molar-refractivity contribution >= 4 is 39.2 Å². The number of hydrogen-bond acceptors (Lipinski definition) is 7. The molecule has 34 heavy (non-hydrogen) atoms. The number of esters is 2. The van der Waals surface area contributed by atoms with E-state index in [0.717, 1.165) is 5.56 Å². The lowest BCUT2D eigenvalue weighted by molar-refractivity contribution is -0.119. The molecule has 0 aromatic heterocycles. The predicted molar refractivity (Wildman–Crippen MR) is 125 cm³/mol. The number of sulfonamides is 1. The summed E-state index contributed by atoms with van der Waals surface area (Å²) < 4.78 is 37.1. The summed E-state index contributed by atoms with van der Waals surface area (Å²) in [6.45, 7) is 1.34. The minimum absolute atomic E-state index is 0.0298. The van der Waals surface area contributed by atoms with Gasteiger partial charge in [-0.3, -0.25) is 9.52 Å². The van der Waals surface area contributed by atoms with Gasteiger partial charge in [-0.2, -0.15) is 0 Å². The van der Waals surface area contributed by atoms with Crippen molar-refractivity contribution < 1.29 is 32.3 Å². The van der Waals surface area contributed by atoms with E-state index in [4.69, 9.17) is 4.74 Å². The molecule has 3 rings (SSSR count). The molecule has 3 aromatic rings. The average Bonchev–Trinajstić information content (AvgIpc) is 2.84. The maximum Gasteiger partial charge on any atom is 0.338 e. The number of aryl methyl sites for hydroxylation is 1. The van der Waals surface area contributed by atoms with Crippen molar-refractivity contribution in [3.63, 3.8) is 0 Å². The van der Waals surface area contributed by atoms with E-state index >= 15 is 0 Å². The minimum atomic E-state index is -3.83. The highest BCUT2D eigenvalue weighted by Gasteiger charge is 2.16. The van der Waals surface area contributed by atoms with E-state index in [1.807, 2.05) is 6.92 Å². The lowest BCUT2D eigenvalue weighted by Crippen LogP contribution is -2.21. The zero-order chi connectivity index (χ0) is 24.7. The first-order valence-corrected chi connectivity index (χ1v) is 11.5. The number of anilines is 2. The number of amides is 1. The van der Waals surface area contributed by atoms with Crippen LogP contribution in [0.3, 0.4) is 0 Å². The molecule has 0 bridgehead atoms. The van der Waals surface area contributed by atoms with E-state index < -0.39 is 34.5 Å². The topological polar surface area (TPSA) is 128 Å². The molecule has 0 aliphatic heterocycles. The van der Waals surface area contributed by atoms with Gasteiger partial charge in [0.05, 0.1) is 23.1 Å². The van der Waals surface area contributed by atoms with Crippen LogP contribution < -0.4 is 10.0 Å². The molecule has 9 nitrogen and oxygen atoms in total. The Bertz CT molecular complexity index is 1280. The molecule has 2 N–H and O–H groups in total. The monoisotopic (exact) mass is 482 g/mol. The van der Waals surface area contributed by atoms with Crippen LogP contribution >= 0.6 is 0 Å². The molecule has 0 fully saturated rings. The normalized spacial score (nSPS) is 10.8. The van der Waals surface area contributed by atoms with E-state index in [-0.39, 0.29) is 10.5 Å². The van der Waals surface area contributed by atoms with Crippen LogP contribution in [0, 0.1) is 6.92 Å². The van der Waals surface area contributed by atoms with Gasteiger partial charge in [0.2, 0.25) is 0 Å². The Balaban J connectivity index is 1.54. The molecule has 0 aliphatic rings. The smallest absolute Gasteiger partial charge is 0.338 e. The van der Waals surface area contributed by atoms with E-state index in [0.29, 0.717) is 16.9 Å². The third-order valence-corrected chi connectivity index (χ3v) is 6.03. The van der Waals surface area contributed by atoms with E-state index in [2.05, 4.69) is 14.8 Å². The quantitative estimate of drug-likeness (QED) is 0.471. The first kappa shape index (κ1) is 24.5. The highest BCUT2D eigenvalue weighted by Crippen LogP contribution is 2.17. The van der Waals surface area contributed by atoms with Crippen LogP contribution in [-0.4, -0.2) is 40.0 Å². The standard InChI is InChI=1S/C24H22N2O7S/c1-16-3-9-20(10-4-16)26-34(30,31)21-13-7-18(8-14-21)24(29)33-15-22(27)25-19-11-5-17(6-12-19)23(28)32-2/h3-14,26H,15H2,1-2H3,(H,25,27). The van der Waals surface area contributed by atoms with Gasteiger partial charge in [-0.1, -0.05) is 17.7 Å². The zero-order valence-corrected chi connectivity index (χ0v) is 19.2. The fraction of sp³-hybridized carbons (Fsp3) is 0.125. The molecule has 1 amide bonds. The Morgan fingerprint density at radius 2 is 1.29 bits per heavy atom. The Morgan fingerprint density at radius 1 is 0.765 bits per heavy atom. The van der Waals surface area contributed by atoms with Gasteiger partial charge in [0, 0.05) is 11.4 Å². The van der Waals surface area contributed by atoms with Gasteiger partial charge >= 0.3 is 11.9 Å². The summed E-state index contributed by atoms with van der Waals surface area (Å²) >= 11 is 0. The van der Waals surface area contributed by atoms with E-state index in [1.54, 1.807) is 24.3 Å². The van der Waals surface area contributed by atoms with Crippen molar-refractivity contribution in [2.24, 2.45) is 0 Å². The molecule has 10 heteroatoms. The molecule has 0 aliphatic carbocycles. The lowest BCUT2D eigenvalue weighted by Gasteiger charge is -2.09. The second-order valence-electron chi connectivity index (χ2n) is 7.19. The fourth-order valence-corrected chi connectivity index (χ4v) is 3.88. The summed E-state index contributed by atoms with van der Waals surface area (Å²) in [5.41, 5.74) is 2.23. The molecule has 0 saturated heterocycles. The number of ether oxygens (including phenoxy) is 2. The number of carbonyl (C=O) groups is 3. The van der Waals surface area contributed by atoms with Crippen molar-refractivity contribution in [1.29, 1.82) is 0 Å². The minimum Gasteiger partial charge on any atom is -0.465 e. The van der Waals surface area contributed by atoms with Crippen LogP contribution in [0.4, 0.5) is 11.4 Å². The molecule has 0 unspecified atom stereocenters. The molecule has 176 valence electrons. The van der Waals surface area contributed by atoms with Crippen molar-refractivity contribution in [3.05, 3.63) is 89.5 Å². The highest BCUT2D eigenvalue weighted by atomic mass is 32.2. The second-order valence-corrected chi connectivity index (χ2v) is 8.87. The van der Waals surface area contributed by atoms with E-state index in [1.165, 1.54) is 55.6 Å². The number of nitrogens with one attached hydrogen (secondary N) is 2. The Labute approximate surface area is 196 Å². The lowest BCUT2D eigenvalue weighted by atomic mass is 10.2. The molecular formula is C24H22N2O7S. The Morgan fingerprint density at radius 3 is 1.88 bits per heavy atom. The third-order valence-electron chi connectivity index (χ3n) is 4.63.